The Morgan fingerprint density at radius 2 is 2.10 bits per heavy atom. The van der Waals surface area contributed by atoms with E-state index in [4.69, 9.17) is 4.74 Å². The number of aromatic nitrogens is 2. The maximum absolute atomic E-state index is 10.6. The van der Waals surface area contributed by atoms with Crippen molar-refractivity contribution in [2.45, 2.75) is 37.3 Å². The number of ether oxygens (including phenoxy) is 1. The predicted octanol–water partition coefficient (Wildman–Crippen LogP) is 2.58. The molecule has 4 heteroatoms. The molecule has 0 amide bonds. The predicted molar refractivity (Wildman–Crippen MR) is 80.0 cm³/mol. The molecule has 2 aromatic rings. The lowest BCUT2D eigenvalue weighted by molar-refractivity contribution is 0.0112. The monoisotopic (exact) mass is 284 g/mol. The third-order valence-electron chi connectivity index (χ3n) is 4.44. The van der Waals surface area contributed by atoms with Crippen LogP contribution in [0.3, 0.4) is 0 Å². The molecule has 21 heavy (non-hydrogen) atoms. The first-order valence-electron chi connectivity index (χ1n) is 7.66. The zero-order valence-electron chi connectivity index (χ0n) is 12.0. The van der Waals surface area contributed by atoms with E-state index >= 15 is 0 Å². The summed E-state index contributed by atoms with van der Waals surface area (Å²) < 4.78 is 7.50. The van der Waals surface area contributed by atoms with Gasteiger partial charge in [0.2, 0.25) is 0 Å². The minimum absolute atomic E-state index is 0.427. The first-order valence-corrected chi connectivity index (χ1v) is 7.66. The molecule has 1 atom stereocenters. The summed E-state index contributed by atoms with van der Waals surface area (Å²) in [5.41, 5.74) is 2.77. The van der Waals surface area contributed by atoms with E-state index in [1.807, 2.05) is 24.5 Å². The lowest BCUT2D eigenvalue weighted by atomic mass is 10.0. The van der Waals surface area contributed by atoms with E-state index in [0.29, 0.717) is 32.1 Å². The van der Waals surface area contributed by atoms with Gasteiger partial charge in [0, 0.05) is 30.2 Å². The molecule has 4 nitrogen and oxygen atoms in total. The van der Waals surface area contributed by atoms with E-state index in [1.165, 1.54) is 18.5 Å². The summed E-state index contributed by atoms with van der Waals surface area (Å²) in [5.74, 6) is 0.591. The number of imidazole rings is 1. The van der Waals surface area contributed by atoms with Crippen molar-refractivity contribution in [2.24, 2.45) is 0 Å². The fraction of sp³-hybridized carbons (Fsp3) is 0.471. The van der Waals surface area contributed by atoms with Gasteiger partial charge in [-0.05, 0) is 12.8 Å². The first-order chi connectivity index (χ1) is 10.3. The molecule has 0 bridgehead atoms. The molecule has 1 aromatic heterocycles. The minimum atomic E-state index is -0.738. The van der Waals surface area contributed by atoms with E-state index < -0.39 is 5.60 Å². The van der Waals surface area contributed by atoms with E-state index in [1.54, 1.807) is 0 Å². The van der Waals surface area contributed by atoms with Crippen LogP contribution in [0.1, 0.15) is 30.9 Å². The highest BCUT2D eigenvalue weighted by Gasteiger charge is 2.36. The van der Waals surface area contributed by atoms with E-state index in [9.17, 15) is 5.11 Å². The average molecular weight is 284 g/mol. The molecule has 0 spiro atoms. The number of aliphatic hydroxyl groups is 1. The maximum Gasteiger partial charge on any atom is 0.108 e. The van der Waals surface area contributed by atoms with Gasteiger partial charge in [-0.25, -0.2) is 4.98 Å². The molecule has 1 aliphatic heterocycles. The topological polar surface area (TPSA) is 47.3 Å². The van der Waals surface area contributed by atoms with Crippen molar-refractivity contribution in [3.63, 3.8) is 0 Å². The standard InChI is InChI=1S/C17H20N2O2/c20-17(8-9-21-11-17)10-19-12-18-15(16(19)14-6-7-14)13-4-2-1-3-5-13/h1-5,12,14,20H,6-11H2. The Morgan fingerprint density at radius 1 is 1.29 bits per heavy atom. The molecule has 2 heterocycles. The quantitative estimate of drug-likeness (QED) is 0.938. The normalized spacial score (nSPS) is 25.4. The summed E-state index contributed by atoms with van der Waals surface area (Å²) in [6, 6.07) is 10.3. The Labute approximate surface area is 124 Å². The smallest absolute Gasteiger partial charge is 0.108 e. The van der Waals surface area contributed by atoms with Crippen molar-refractivity contribution in [2.75, 3.05) is 13.2 Å². The van der Waals surface area contributed by atoms with Crippen molar-refractivity contribution in [3.8, 4) is 11.3 Å². The molecule has 1 unspecified atom stereocenters. The van der Waals surface area contributed by atoms with Gasteiger partial charge in [0.1, 0.15) is 5.60 Å². The SMILES string of the molecule is OC1(Cn2cnc(-c3ccccc3)c2C2CC2)CCOC1. The highest BCUT2D eigenvalue weighted by atomic mass is 16.5. The third kappa shape index (κ3) is 2.49. The summed E-state index contributed by atoms with van der Waals surface area (Å²) in [5, 5.41) is 10.6. The van der Waals surface area contributed by atoms with Gasteiger partial charge in [-0.3, -0.25) is 0 Å². The van der Waals surface area contributed by atoms with Gasteiger partial charge in [-0.1, -0.05) is 30.3 Å². The van der Waals surface area contributed by atoms with Gasteiger partial charge in [0.05, 0.1) is 25.2 Å². The number of hydrogen-bond donors (Lipinski definition) is 1. The second kappa shape index (κ2) is 4.97. The van der Waals surface area contributed by atoms with Crippen LogP contribution in [-0.4, -0.2) is 33.5 Å². The zero-order chi connectivity index (χ0) is 14.3. The van der Waals surface area contributed by atoms with Crippen molar-refractivity contribution in [1.82, 2.24) is 9.55 Å². The van der Waals surface area contributed by atoms with Gasteiger partial charge in [-0.15, -0.1) is 0 Å². The Hall–Kier alpha value is -1.65. The molecule has 2 fully saturated rings. The van der Waals surface area contributed by atoms with Crippen LogP contribution in [0.15, 0.2) is 36.7 Å². The van der Waals surface area contributed by atoms with Crippen molar-refractivity contribution < 1.29 is 9.84 Å². The van der Waals surface area contributed by atoms with Crippen LogP contribution in [0, 0.1) is 0 Å². The molecule has 4 rings (SSSR count). The average Bonchev–Trinajstić information content (AvgIpc) is 3.12. The summed E-state index contributed by atoms with van der Waals surface area (Å²) in [4.78, 5) is 4.63. The maximum atomic E-state index is 10.6. The second-order valence-electron chi connectivity index (χ2n) is 6.27. The van der Waals surface area contributed by atoms with Gasteiger partial charge in [0.25, 0.3) is 0 Å². The van der Waals surface area contributed by atoms with Crippen LogP contribution in [0.5, 0.6) is 0 Å². The van der Waals surface area contributed by atoms with Crippen LogP contribution in [0.2, 0.25) is 0 Å². The molecule has 1 aromatic carbocycles. The molecule has 1 saturated heterocycles. The van der Waals surface area contributed by atoms with E-state index in [2.05, 4.69) is 21.7 Å². The van der Waals surface area contributed by atoms with Gasteiger partial charge < -0.3 is 14.4 Å². The Morgan fingerprint density at radius 3 is 2.76 bits per heavy atom. The first kappa shape index (κ1) is 13.0. The van der Waals surface area contributed by atoms with Gasteiger partial charge in [0.15, 0.2) is 0 Å². The summed E-state index contributed by atoms with van der Waals surface area (Å²) in [6.07, 6.45) is 5.03. The molecule has 1 N–H and O–H groups in total. The highest BCUT2D eigenvalue weighted by Crippen LogP contribution is 2.44. The van der Waals surface area contributed by atoms with Crippen LogP contribution in [0.25, 0.3) is 11.3 Å². The summed E-state index contributed by atoms with van der Waals surface area (Å²) in [7, 11) is 0. The molecule has 0 radical (unpaired) electrons. The molecular weight excluding hydrogens is 264 g/mol. The van der Waals surface area contributed by atoms with Crippen LogP contribution in [0.4, 0.5) is 0 Å². The largest absolute Gasteiger partial charge is 0.386 e. The Kier molecular flexibility index (Phi) is 3.08. The van der Waals surface area contributed by atoms with Crippen molar-refractivity contribution >= 4 is 0 Å². The lowest BCUT2D eigenvalue weighted by Gasteiger charge is -2.22. The molecule has 1 aliphatic carbocycles. The second-order valence-corrected chi connectivity index (χ2v) is 6.27. The highest BCUT2D eigenvalue weighted by molar-refractivity contribution is 5.63. The van der Waals surface area contributed by atoms with E-state index in [0.717, 1.165) is 11.3 Å². The fourth-order valence-corrected chi connectivity index (χ4v) is 3.16. The summed E-state index contributed by atoms with van der Waals surface area (Å²) in [6.45, 7) is 1.66. The zero-order valence-corrected chi connectivity index (χ0v) is 12.0. The van der Waals surface area contributed by atoms with Crippen LogP contribution in [-0.2, 0) is 11.3 Å². The number of hydrogen-bond acceptors (Lipinski definition) is 3. The Balaban J connectivity index is 1.70. The fourth-order valence-electron chi connectivity index (χ4n) is 3.16. The van der Waals surface area contributed by atoms with E-state index in [-0.39, 0.29) is 0 Å². The Bertz CT molecular complexity index is 625. The number of rotatable bonds is 4. The van der Waals surface area contributed by atoms with Gasteiger partial charge >= 0.3 is 0 Å². The van der Waals surface area contributed by atoms with Gasteiger partial charge in [-0.2, -0.15) is 0 Å². The number of nitrogens with zero attached hydrogens (tertiary/aromatic N) is 2. The number of benzene rings is 1. The lowest BCUT2D eigenvalue weighted by Crippen LogP contribution is -2.34. The van der Waals surface area contributed by atoms with Crippen molar-refractivity contribution in [3.05, 3.63) is 42.4 Å². The summed E-state index contributed by atoms with van der Waals surface area (Å²) >= 11 is 0. The van der Waals surface area contributed by atoms with Crippen LogP contribution >= 0.6 is 0 Å². The molecule has 110 valence electrons. The molecule has 1 saturated carbocycles. The molecular formula is C17H20N2O2. The third-order valence-corrected chi connectivity index (χ3v) is 4.44. The van der Waals surface area contributed by atoms with Crippen LogP contribution < -0.4 is 0 Å². The molecule has 2 aliphatic rings. The minimum Gasteiger partial charge on any atom is -0.386 e. The van der Waals surface area contributed by atoms with Crippen molar-refractivity contribution in [1.29, 1.82) is 0 Å².